The molecular weight excluding hydrogens is 354 g/mol. The fraction of sp³-hybridized carbons (Fsp3) is 0.500. The van der Waals surface area contributed by atoms with Gasteiger partial charge in [0.05, 0.1) is 0 Å². The molecule has 0 fully saturated rings. The second-order valence-electron chi connectivity index (χ2n) is 5.39. The Bertz CT molecular complexity index is 444. The summed E-state index contributed by atoms with van der Waals surface area (Å²) in [5, 5.41) is 0. The molecule has 0 aromatic rings. The molecule has 103 valence electrons. The van der Waals surface area contributed by atoms with Crippen LogP contribution < -0.4 is 24.8 Å². The van der Waals surface area contributed by atoms with Gasteiger partial charge in [0, 0.05) is 0 Å². The molecule has 0 bridgehead atoms. The number of allylic oxidation sites excluding steroid dienone is 8. The largest absolute Gasteiger partial charge is 1.00 e. The average molecular weight is 375 g/mol. The third-order valence-corrected chi connectivity index (χ3v) is 5.02. The molecule has 0 radical (unpaired) electrons. The maximum absolute atomic E-state index is 2.47. The predicted molar refractivity (Wildman–Crippen MR) is 70.3 cm³/mol. The second kappa shape index (κ2) is 8.01. The zero-order valence-corrected chi connectivity index (χ0v) is 15.9. The first-order valence-electron chi connectivity index (χ1n) is 6.60. The monoisotopic (exact) mass is 373 g/mol. The van der Waals surface area contributed by atoms with Crippen LogP contribution in [0.2, 0.25) is 0 Å². The Morgan fingerprint density at radius 1 is 1.32 bits per heavy atom. The average Bonchev–Trinajstić information content (AvgIpc) is 2.81. The van der Waals surface area contributed by atoms with Crippen molar-refractivity contribution in [3.63, 3.8) is 0 Å². The Morgan fingerprint density at radius 2 is 2.00 bits per heavy atom. The first-order chi connectivity index (χ1) is 8.07. The van der Waals surface area contributed by atoms with Gasteiger partial charge in [0.1, 0.15) is 0 Å². The van der Waals surface area contributed by atoms with E-state index < -0.39 is 0 Å². The number of hydrogen-bond donors (Lipinski definition) is 0. The van der Waals surface area contributed by atoms with Crippen LogP contribution in [0, 0.1) is 5.41 Å². The van der Waals surface area contributed by atoms with E-state index in [1.807, 2.05) is 0 Å². The standard InChI is InChI=1S/C16H21.2ClH.Zr/c1-4-5-7-14-8-6-9-15(14)16(3)11-10-13(2)12-16;;;/h9-12H,4-7H2,1-3H3;2*1H;/q;;;+2/p-2. The number of rotatable bonds is 4. The van der Waals surface area contributed by atoms with Crippen molar-refractivity contribution in [1.29, 1.82) is 0 Å². The summed E-state index contributed by atoms with van der Waals surface area (Å²) >= 11 is 1.60. The molecule has 0 amide bonds. The fourth-order valence-electron chi connectivity index (χ4n) is 2.84. The normalized spacial score (nSPS) is 24.9. The van der Waals surface area contributed by atoms with Crippen LogP contribution in [0.1, 0.15) is 46.5 Å². The van der Waals surface area contributed by atoms with E-state index in [2.05, 4.69) is 45.1 Å². The van der Waals surface area contributed by atoms with Crippen LogP contribution in [-0.2, 0) is 24.7 Å². The molecule has 0 N–H and O–H groups in total. The van der Waals surface area contributed by atoms with Crippen LogP contribution >= 0.6 is 0 Å². The van der Waals surface area contributed by atoms with Crippen molar-refractivity contribution in [2.45, 2.75) is 46.5 Å². The van der Waals surface area contributed by atoms with Gasteiger partial charge in [-0.3, -0.25) is 0 Å². The van der Waals surface area contributed by atoms with Gasteiger partial charge in [-0.05, 0) is 0 Å². The molecule has 2 aliphatic carbocycles. The van der Waals surface area contributed by atoms with Crippen molar-refractivity contribution < 1.29 is 49.5 Å². The van der Waals surface area contributed by atoms with Gasteiger partial charge in [-0.25, -0.2) is 0 Å². The van der Waals surface area contributed by atoms with Crippen LogP contribution in [0.4, 0.5) is 0 Å². The number of hydrogen-bond acceptors (Lipinski definition) is 0. The van der Waals surface area contributed by atoms with Crippen molar-refractivity contribution in [1.82, 2.24) is 0 Å². The Morgan fingerprint density at radius 3 is 2.53 bits per heavy atom. The minimum atomic E-state index is 0. The molecule has 3 heteroatoms. The van der Waals surface area contributed by atoms with Crippen molar-refractivity contribution in [3.05, 3.63) is 44.3 Å². The van der Waals surface area contributed by atoms with Crippen LogP contribution in [-0.4, -0.2) is 0 Å². The van der Waals surface area contributed by atoms with Crippen LogP contribution in [0.5, 0.6) is 0 Å². The quantitative estimate of drug-likeness (QED) is 0.582. The van der Waals surface area contributed by atoms with Crippen LogP contribution in [0.15, 0.2) is 44.3 Å². The van der Waals surface area contributed by atoms with Gasteiger partial charge in [0.15, 0.2) is 0 Å². The molecular formula is C16H21Cl2Zr. The molecule has 0 nitrogen and oxygen atoms in total. The van der Waals surface area contributed by atoms with Gasteiger partial charge < -0.3 is 24.8 Å². The van der Waals surface area contributed by atoms with Crippen LogP contribution in [0.3, 0.4) is 0 Å². The van der Waals surface area contributed by atoms with Gasteiger partial charge in [-0.1, -0.05) is 0 Å². The third kappa shape index (κ3) is 4.19. The second-order valence-corrected chi connectivity index (χ2v) is 6.87. The smallest absolute Gasteiger partial charge is 1.00 e. The summed E-state index contributed by atoms with van der Waals surface area (Å²) in [4.78, 5) is 0. The Kier molecular flexibility index (Phi) is 8.19. The van der Waals surface area contributed by atoms with E-state index in [9.17, 15) is 0 Å². The molecule has 0 aromatic carbocycles. The number of unbranched alkanes of at least 4 members (excludes halogenated alkanes) is 1. The molecule has 1 unspecified atom stereocenters. The van der Waals surface area contributed by atoms with E-state index in [4.69, 9.17) is 0 Å². The topological polar surface area (TPSA) is 0 Å². The Balaban J connectivity index is 0.00000162. The minimum absolute atomic E-state index is 0. The molecule has 0 saturated heterocycles. The van der Waals surface area contributed by atoms with Gasteiger partial charge >= 0.3 is 121 Å². The maximum Gasteiger partial charge on any atom is -1.00 e. The van der Waals surface area contributed by atoms with Crippen LogP contribution in [0.25, 0.3) is 0 Å². The van der Waals surface area contributed by atoms with E-state index >= 15 is 0 Å². The van der Waals surface area contributed by atoms with Crippen molar-refractivity contribution in [2.75, 3.05) is 0 Å². The molecule has 2 aliphatic rings. The van der Waals surface area contributed by atoms with Gasteiger partial charge in [-0.15, -0.1) is 0 Å². The molecule has 1 atom stereocenters. The predicted octanol–water partition coefficient (Wildman–Crippen LogP) is -1.16. The summed E-state index contributed by atoms with van der Waals surface area (Å²) in [6.07, 6.45) is 14.6. The zero-order valence-electron chi connectivity index (χ0n) is 11.9. The summed E-state index contributed by atoms with van der Waals surface area (Å²) in [5.41, 5.74) is 4.83. The fourth-order valence-corrected chi connectivity index (χ4v) is 3.73. The summed E-state index contributed by atoms with van der Waals surface area (Å²) in [6, 6.07) is 0. The molecule has 0 spiro atoms. The van der Waals surface area contributed by atoms with Crippen molar-refractivity contribution >= 4 is 0 Å². The molecule has 19 heavy (non-hydrogen) atoms. The molecule has 0 aromatic heterocycles. The first kappa shape index (κ1) is 19.4. The SMILES string of the molecule is CCCCC1=[C]([Zr+2])CC=C1C1(C)C=CC(C)=C1.[Cl-].[Cl-]. The van der Waals surface area contributed by atoms with Gasteiger partial charge in [0.2, 0.25) is 0 Å². The van der Waals surface area contributed by atoms with Crippen molar-refractivity contribution in [3.8, 4) is 0 Å². The summed E-state index contributed by atoms with van der Waals surface area (Å²) < 4.78 is 1.67. The molecule has 0 aliphatic heterocycles. The molecule has 0 saturated carbocycles. The van der Waals surface area contributed by atoms with Gasteiger partial charge in [-0.2, -0.15) is 0 Å². The Labute approximate surface area is 145 Å². The third-order valence-electron chi connectivity index (χ3n) is 3.78. The van der Waals surface area contributed by atoms with E-state index in [-0.39, 0.29) is 30.2 Å². The summed E-state index contributed by atoms with van der Waals surface area (Å²) in [6.45, 7) is 6.83. The molecule has 2 rings (SSSR count). The Hall–Kier alpha value is 0.423. The van der Waals surface area contributed by atoms with E-state index in [1.54, 1.807) is 39.1 Å². The summed E-state index contributed by atoms with van der Waals surface area (Å²) in [7, 11) is 0. The first-order valence-corrected chi connectivity index (χ1v) is 7.83. The van der Waals surface area contributed by atoms with Crippen molar-refractivity contribution in [2.24, 2.45) is 5.41 Å². The summed E-state index contributed by atoms with van der Waals surface area (Å²) in [5.74, 6) is 0. The molecule has 0 heterocycles. The number of halogens is 2. The van der Waals surface area contributed by atoms with E-state index in [0.29, 0.717) is 0 Å². The van der Waals surface area contributed by atoms with Gasteiger partial charge in [0.25, 0.3) is 0 Å². The van der Waals surface area contributed by atoms with E-state index in [0.717, 1.165) is 0 Å². The minimum Gasteiger partial charge on any atom is -1.00 e. The maximum atomic E-state index is 2.47. The zero-order chi connectivity index (χ0) is 12.5. The van der Waals surface area contributed by atoms with E-state index in [1.165, 1.54) is 31.3 Å².